The van der Waals surface area contributed by atoms with E-state index in [0.717, 1.165) is 41.2 Å². The maximum atomic E-state index is 5.85. The lowest BCUT2D eigenvalue weighted by molar-refractivity contribution is 0.233. The van der Waals surface area contributed by atoms with Crippen LogP contribution < -0.4 is 10.6 Å². The van der Waals surface area contributed by atoms with Gasteiger partial charge in [0.25, 0.3) is 0 Å². The Morgan fingerprint density at radius 2 is 2.18 bits per heavy atom. The van der Waals surface area contributed by atoms with Crippen molar-refractivity contribution in [3.05, 3.63) is 16.2 Å². The van der Waals surface area contributed by atoms with E-state index in [-0.39, 0.29) is 0 Å². The van der Waals surface area contributed by atoms with E-state index in [4.69, 9.17) is 5.73 Å². The van der Waals surface area contributed by atoms with Gasteiger partial charge in [-0.1, -0.05) is 0 Å². The topological polar surface area (TPSA) is 45.4 Å². The first-order valence-electron chi connectivity index (χ1n) is 5.86. The third kappa shape index (κ3) is 2.40. The molecule has 2 rings (SSSR count). The van der Waals surface area contributed by atoms with Gasteiger partial charge in [0, 0.05) is 25.7 Å². The number of pyridine rings is 1. The molecular formula is C12H19BrN4. The molecule has 5 heteroatoms. The highest BCUT2D eigenvalue weighted by Gasteiger charge is 2.23. The minimum Gasteiger partial charge on any atom is -0.397 e. The first-order valence-corrected chi connectivity index (χ1v) is 6.65. The van der Waals surface area contributed by atoms with E-state index < -0.39 is 0 Å². The first-order chi connectivity index (χ1) is 8.00. The monoisotopic (exact) mass is 298 g/mol. The first kappa shape index (κ1) is 12.6. The lowest BCUT2D eigenvalue weighted by Crippen LogP contribution is -2.50. The van der Waals surface area contributed by atoms with Crippen LogP contribution in [-0.4, -0.2) is 42.6 Å². The Labute approximate surface area is 111 Å². The van der Waals surface area contributed by atoms with E-state index in [9.17, 15) is 0 Å². The van der Waals surface area contributed by atoms with Gasteiger partial charge in [0.1, 0.15) is 5.82 Å². The molecule has 1 unspecified atom stereocenters. The Hall–Kier alpha value is -0.810. The summed E-state index contributed by atoms with van der Waals surface area (Å²) >= 11 is 3.60. The summed E-state index contributed by atoms with van der Waals surface area (Å²) in [6, 6.07) is 0.551. The van der Waals surface area contributed by atoms with E-state index in [1.807, 2.05) is 6.92 Å². The average molecular weight is 299 g/mol. The molecule has 0 bridgehead atoms. The number of nitrogens with zero attached hydrogens (tertiary/aromatic N) is 3. The quantitative estimate of drug-likeness (QED) is 0.860. The molecule has 1 aliphatic rings. The molecular weight excluding hydrogens is 280 g/mol. The number of rotatable bonds is 1. The molecule has 1 saturated heterocycles. The van der Waals surface area contributed by atoms with E-state index in [1.54, 1.807) is 6.20 Å². The van der Waals surface area contributed by atoms with Crippen molar-refractivity contribution in [3.8, 4) is 0 Å². The zero-order valence-corrected chi connectivity index (χ0v) is 12.2. The van der Waals surface area contributed by atoms with E-state index in [2.05, 4.69) is 44.7 Å². The standard InChI is InChI=1S/C12H19BrN4/c1-8-7-17(5-4-16(8)3)12-11(13)9(2)10(14)6-15-12/h6,8H,4-5,7,14H2,1-3H3. The Morgan fingerprint density at radius 1 is 1.47 bits per heavy atom. The lowest BCUT2D eigenvalue weighted by atomic mass is 10.2. The van der Waals surface area contributed by atoms with Crippen molar-refractivity contribution in [2.75, 3.05) is 37.3 Å². The Morgan fingerprint density at radius 3 is 2.82 bits per heavy atom. The van der Waals surface area contributed by atoms with Crippen LogP contribution in [0.2, 0.25) is 0 Å². The normalized spacial score (nSPS) is 21.9. The summed E-state index contributed by atoms with van der Waals surface area (Å²) in [6.07, 6.45) is 1.75. The third-order valence-electron chi connectivity index (χ3n) is 3.54. The summed E-state index contributed by atoms with van der Waals surface area (Å²) in [4.78, 5) is 9.15. The predicted molar refractivity (Wildman–Crippen MR) is 75.4 cm³/mol. The number of hydrogen-bond donors (Lipinski definition) is 1. The van der Waals surface area contributed by atoms with E-state index >= 15 is 0 Å². The molecule has 0 aliphatic carbocycles. The maximum absolute atomic E-state index is 5.85. The van der Waals surface area contributed by atoms with Crippen LogP contribution in [0.5, 0.6) is 0 Å². The number of aromatic nitrogens is 1. The smallest absolute Gasteiger partial charge is 0.143 e. The van der Waals surface area contributed by atoms with Crippen LogP contribution in [0, 0.1) is 6.92 Å². The van der Waals surface area contributed by atoms with Gasteiger partial charge in [0.15, 0.2) is 0 Å². The summed E-state index contributed by atoms with van der Waals surface area (Å²) in [5.41, 5.74) is 7.66. The van der Waals surface area contributed by atoms with Crippen LogP contribution in [0.15, 0.2) is 10.7 Å². The second-order valence-electron chi connectivity index (χ2n) is 4.75. The van der Waals surface area contributed by atoms with Crippen LogP contribution in [0.1, 0.15) is 12.5 Å². The molecule has 0 saturated carbocycles. The molecule has 0 radical (unpaired) electrons. The molecule has 2 heterocycles. The molecule has 1 fully saturated rings. The summed E-state index contributed by atoms with van der Waals surface area (Å²) in [6.45, 7) is 7.34. The molecule has 1 aliphatic heterocycles. The number of hydrogen-bond acceptors (Lipinski definition) is 4. The lowest BCUT2D eigenvalue weighted by Gasteiger charge is -2.38. The maximum Gasteiger partial charge on any atom is 0.143 e. The van der Waals surface area contributed by atoms with Crippen molar-refractivity contribution in [3.63, 3.8) is 0 Å². The highest BCUT2D eigenvalue weighted by molar-refractivity contribution is 9.10. The van der Waals surface area contributed by atoms with Crippen molar-refractivity contribution in [2.24, 2.45) is 0 Å². The highest BCUT2D eigenvalue weighted by Crippen LogP contribution is 2.31. The fraction of sp³-hybridized carbons (Fsp3) is 0.583. The Bertz CT molecular complexity index is 421. The fourth-order valence-electron chi connectivity index (χ4n) is 2.04. The minimum atomic E-state index is 0.551. The zero-order valence-electron chi connectivity index (χ0n) is 10.6. The Kier molecular flexibility index (Phi) is 3.58. The van der Waals surface area contributed by atoms with Crippen molar-refractivity contribution in [2.45, 2.75) is 19.9 Å². The Balaban J connectivity index is 2.26. The van der Waals surface area contributed by atoms with Crippen LogP contribution in [0.25, 0.3) is 0 Å². The molecule has 0 spiro atoms. The van der Waals surface area contributed by atoms with Gasteiger partial charge in [-0.15, -0.1) is 0 Å². The molecule has 1 aromatic heterocycles. The summed E-state index contributed by atoms with van der Waals surface area (Å²) in [7, 11) is 2.17. The van der Waals surface area contributed by atoms with Crippen LogP contribution in [0.4, 0.5) is 11.5 Å². The number of halogens is 1. The number of nitrogens with two attached hydrogens (primary N) is 1. The van der Waals surface area contributed by atoms with Crippen molar-refractivity contribution >= 4 is 27.4 Å². The molecule has 0 amide bonds. The van der Waals surface area contributed by atoms with Gasteiger partial charge in [-0.2, -0.15) is 0 Å². The van der Waals surface area contributed by atoms with Crippen LogP contribution >= 0.6 is 15.9 Å². The average Bonchev–Trinajstić information content (AvgIpc) is 2.30. The summed E-state index contributed by atoms with van der Waals surface area (Å²) in [5.74, 6) is 1.01. The van der Waals surface area contributed by atoms with Crippen molar-refractivity contribution in [1.82, 2.24) is 9.88 Å². The molecule has 1 atom stereocenters. The van der Waals surface area contributed by atoms with Crippen LogP contribution in [-0.2, 0) is 0 Å². The minimum absolute atomic E-state index is 0.551. The van der Waals surface area contributed by atoms with Gasteiger partial charge in [-0.25, -0.2) is 4.98 Å². The molecule has 1 aromatic rings. The molecule has 0 aromatic carbocycles. The van der Waals surface area contributed by atoms with Gasteiger partial charge in [0.2, 0.25) is 0 Å². The highest BCUT2D eigenvalue weighted by atomic mass is 79.9. The van der Waals surface area contributed by atoms with Gasteiger partial charge in [0.05, 0.1) is 16.4 Å². The van der Waals surface area contributed by atoms with Gasteiger partial charge in [-0.3, -0.25) is 0 Å². The van der Waals surface area contributed by atoms with Gasteiger partial charge >= 0.3 is 0 Å². The second-order valence-corrected chi connectivity index (χ2v) is 5.54. The van der Waals surface area contributed by atoms with E-state index in [0.29, 0.717) is 6.04 Å². The number of anilines is 2. The van der Waals surface area contributed by atoms with Crippen LogP contribution in [0.3, 0.4) is 0 Å². The summed E-state index contributed by atoms with van der Waals surface area (Å²) < 4.78 is 1.02. The molecule has 17 heavy (non-hydrogen) atoms. The summed E-state index contributed by atoms with van der Waals surface area (Å²) in [5, 5.41) is 0. The SMILES string of the molecule is Cc1c(N)cnc(N2CCN(C)C(C)C2)c1Br. The molecule has 4 nitrogen and oxygen atoms in total. The van der Waals surface area contributed by atoms with Crippen molar-refractivity contribution < 1.29 is 0 Å². The van der Waals surface area contributed by atoms with Gasteiger partial charge < -0.3 is 15.5 Å². The predicted octanol–water partition coefficient (Wildman–Crippen LogP) is 1.88. The molecule has 2 N–H and O–H groups in total. The van der Waals surface area contributed by atoms with Gasteiger partial charge in [-0.05, 0) is 42.4 Å². The fourth-order valence-corrected chi connectivity index (χ4v) is 2.62. The van der Waals surface area contributed by atoms with Crippen molar-refractivity contribution in [1.29, 1.82) is 0 Å². The number of nitrogen functional groups attached to an aromatic ring is 1. The third-order valence-corrected chi connectivity index (χ3v) is 4.49. The molecule has 94 valence electrons. The second kappa shape index (κ2) is 4.82. The largest absolute Gasteiger partial charge is 0.397 e. The number of likely N-dealkylation sites (N-methyl/N-ethyl adjacent to an activating group) is 1. The zero-order chi connectivity index (χ0) is 12.6. The number of piperazine rings is 1. The van der Waals surface area contributed by atoms with E-state index in [1.165, 1.54) is 0 Å².